The van der Waals surface area contributed by atoms with Crippen LogP contribution < -0.4 is 14.9 Å². The van der Waals surface area contributed by atoms with E-state index in [9.17, 15) is 31.2 Å². The van der Waals surface area contributed by atoms with E-state index < -0.39 is 45.8 Å². The second-order valence-electron chi connectivity index (χ2n) is 8.37. The number of nitrogens with zero attached hydrogens (tertiary/aromatic N) is 1. The first-order valence-electron chi connectivity index (χ1n) is 11.5. The molecule has 3 rings (SSSR count). The number of hydrogen-bond donors (Lipinski definition) is 2. The number of sulfonamides is 1. The van der Waals surface area contributed by atoms with E-state index in [4.69, 9.17) is 11.6 Å². The molecule has 0 spiro atoms. The van der Waals surface area contributed by atoms with Gasteiger partial charge in [-0.3, -0.25) is 13.9 Å². The molecule has 0 bridgehead atoms. The average molecular weight is 568 g/mol. The molecule has 0 heterocycles. The van der Waals surface area contributed by atoms with Crippen LogP contribution in [0.5, 0.6) is 0 Å². The summed E-state index contributed by atoms with van der Waals surface area (Å²) in [6.07, 6.45) is -4.12. The number of amides is 2. The van der Waals surface area contributed by atoms with Gasteiger partial charge in [-0.1, -0.05) is 48.9 Å². The van der Waals surface area contributed by atoms with Gasteiger partial charge in [0.05, 0.1) is 32.4 Å². The lowest BCUT2D eigenvalue weighted by molar-refractivity contribution is -0.137. The molecule has 0 aliphatic carbocycles. The molecule has 0 radical (unpaired) electrons. The maximum atomic E-state index is 13.5. The van der Waals surface area contributed by atoms with Crippen molar-refractivity contribution in [2.24, 2.45) is 0 Å². The fourth-order valence-corrected chi connectivity index (χ4v) is 5.14. The Kier molecular flexibility index (Phi) is 9.05. The molecule has 0 saturated heterocycles. The summed E-state index contributed by atoms with van der Waals surface area (Å²) in [5.74, 6) is -1.35. The van der Waals surface area contributed by atoms with Crippen LogP contribution in [0.2, 0.25) is 5.02 Å². The van der Waals surface area contributed by atoms with Gasteiger partial charge in [0.15, 0.2) is 0 Å². The first-order chi connectivity index (χ1) is 17.8. The molecule has 0 fully saturated rings. The number of alkyl halides is 3. The fourth-order valence-electron chi connectivity index (χ4n) is 3.41. The Morgan fingerprint density at radius 2 is 1.63 bits per heavy atom. The van der Waals surface area contributed by atoms with Crippen molar-refractivity contribution < 1.29 is 31.2 Å². The van der Waals surface area contributed by atoms with Crippen LogP contribution in [0, 0.1) is 0 Å². The minimum absolute atomic E-state index is 0.102. The Hall–Kier alpha value is -3.57. The maximum absolute atomic E-state index is 13.5. The van der Waals surface area contributed by atoms with Crippen LogP contribution in [0.25, 0.3) is 0 Å². The lowest BCUT2D eigenvalue weighted by Crippen LogP contribution is -2.39. The molecular weight excluding hydrogens is 543 g/mol. The van der Waals surface area contributed by atoms with Crippen molar-refractivity contribution >= 4 is 44.8 Å². The third kappa shape index (κ3) is 6.84. The van der Waals surface area contributed by atoms with E-state index in [0.29, 0.717) is 22.9 Å². The summed E-state index contributed by atoms with van der Waals surface area (Å²) in [7, 11) is -4.53. The molecule has 0 aliphatic rings. The lowest BCUT2D eigenvalue weighted by atomic mass is 10.1. The van der Waals surface area contributed by atoms with E-state index >= 15 is 0 Å². The molecule has 12 heteroatoms. The Bertz CT molecular complexity index is 1420. The zero-order chi connectivity index (χ0) is 28.1. The molecule has 7 nitrogen and oxygen atoms in total. The normalized spacial score (nSPS) is 12.5. The van der Waals surface area contributed by atoms with Crippen molar-refractivity contribution in [1.29, 1.82) is 0 Å². The first kappa shape index (κ1) is 29.0. The molecule has 2 N–H and O–H groups in total. The summed E-state index contributed by atoms with van der Waals surface area (Å²) in [6.45, 7) is 2.78. The van der Waals surface area contributed by atoms with Gasteiger partial charge in [-0.2, -0.15) is 13.2 Å². The first-order valence-corrected chi connectivity index (χ1v) is 13.3. The number of rotatable bonds is 9. The monoisotopic (exact) mass is 567 g/mol. The van der Waals surface area contributed by atoms with E-state index in [1.165, 1.54) is 36.4 Å². The minimum Gasteiger partial charge on any atom is -0.350 e. The number of anilines is 2. The summed E-state index contributed by atoms with van der Waals surface area (Å²) in [6, 6.07) is 15.1. The van der Waals surface area contributed by atoms with E-state index in [0.717, 1.165) is 6.07 Å². The second-order valence-corrected chi connectivity index (χ2v) is 10.6. The number of halogens is 4. The molecule has 0 aromatic heterocycles. The molecule has 0 saturated carbocycles. The molecular formula is C26H25ClF3N3O4S. The quantitative estimate of drug-likeness (QED) is 0.346. The number of carbonyl (C=O) groups excluding carboxylic acids is 2. The molecule has 38 heavy (non-hydrogen) atoms. The SMILES string of the molecule is CC[C@@H](C)NC(=O)c1ccccc1NC(=O)CN(c1cc(C(F)(F)F)ccc1Cl)S(=O)(=O)c1ccccc1. The van der Waals surface area contributed by atoms with Crippen molar-refractivity contribution in [2.75, 3.05) is 16.2 Å². The van der Waals surface area contributed by atoms with Gasteiger partial charge in [-0.05, 0) is 55.8 Å². The standard InChI is InChI=1S/C26H25ClF3N3O4S/c1-3-17(2)31-25(35)20-11-7-8-12-22(20)32-24(34)16-33(38(36,37)19-9-5-4-6-10-19)23-15-18(26(28,29)30)13-14-21(23)27/h4-15,17H,3,16H2,1-2H3,(H,31,35)(H,32,34)/t17-/m1/s1. The Morgan fingerprint density at radius 1 is 1.00 bits per heavy atom. The smallest absolute Gasteiger partial charge is 0.350 e. The van der Waals surface area contributed by atoms with Crippen LogP contribution in [0.3, 0.4) is 0 Å². The average Bonchev–Trinajstić information content (AvgIpc) is 2.87. The van der Waals surface area contributed by atoms with Crippen molar-refractivity contribution in [1.82, 2.24) is 5.32 Å². The van der Waals surface area contributed by atoms with Gasteiger partial charge < -0.3 is 10.6 Å². The maximum Gasteiger partial charge on any atom is 0.416 e. The summed E-state index contributed by atoms with van der Waals surface area (Å²) in [4.78, 5) is 25.5. The molecule has 0 unspecified atom stereocenters. The van der Waals surface area contributed by atoms with Crippen molar-refractivity contribution in [3.63, 3.8) is 0 Å². The predicted octanol–water partition coefficient (Wildman–Crippen LogP) is 5.72. The minimum atomic E-state index is -4.79. The molecule has 202 valence electrons. The van der Waals surface area contributed by atoms with Crippen LogP contribution >= 0.6 is 11.6 Å². The topological polar surface area (TPSA) is 95.6 Å². The van der Waals surface area contributed by atoms with Gasteiger partial charge in [0.25, 0.3) is 15.9 Å². The molecule has 3 aromatic carbocycles. The Morgan fingerprint density at radius 3 is 2.26 bits per heavy atom. The van der Waals surface area contributed by atoms with Gasteiger partial charge in [0.1, 0.15) is 6.54 Å². The van der Waals surface area contributed by atoms with Crippen LogP contribution in [0.4, 0.5) is 24.5 Å². The zero-order valence-corrected chi connectivity index (χ0v) is 22.0. The molecule has 3 aromatic rings. The molecule has 1 atom stereocenters. The van der Waals surface area contributed by atoms with E-state index in [1.54, 1.807) is 18.2 Å². The van der Waals surface area contributed by atoms with Crippen LogP contribution in [0.1, 0.15) is 36.2 Å². The number of carbonyl (C=O) groups is 2. The highest BCUT2D eigenvalue weighted by atomic mass is 35.5. The van der Waals surface area contributed by atoms with E-state index in [1.807, 2.05) is 13.8 Å². The molecule has 2 amide bonds. The van der Waals surface area contributed by atoms with Crippen molar-refractivity contribution in [3.8, 4) is 0 Å². The third-order valence-electron chi connectivity index (χ3n) is 5.60. The number of nitrogens with one attached hydrogen (secondary N) is 2. The van der Waals surface area contributed by atoms with Gasteiger partial charge >= 0.3 is 6.18 Å². The van der Waals surface area contributed by atoms with E-state index in [2.05, 4.69) is 10.6 Å². The van der Waals surface area contributed by atoms with Crippen LogP contribution in [-0.4, -0.2) is 32.8 Å². The number of benzene rings is 3. The summed E-state index contributed by atoms with van der Waals surface area (Å²) < 4.78 is 67.8. The van der Waals surface area contributed by atoms with Gasteiger partial charge in [0, 0.05) is 6.04 Å². The summed E-state index contributed by atoms with van der Waals surface area (Å²) >= 11 is 6.15. The van der Waals surface area contributed by atoms with Crippen LogP contribution in [0.15, 0.2) is 77.7 Å². The second kappa shape index (κ2) is 11.9. The highest BCUT2D eigenvalue weighted by Crippen LogP contribution is 2.37. The zero-order valence-electron chi connectivity index (χ0n) is 20.4. The summed E-state index contributed by atoms with van der Waals surface area (Å²) in [5, 5.41) is 4.97. The molecule has 0 aliphatic heterocycles. The Labute approximate surface area is 223 Å². The lowest BCUT2D eigenvalue weighted by Gasteiger charge is -2.26. The highest BCUT2D eigenvalue weighted by molar-refractivity contribution is 7.92. The van der Waals surface area contributed by atoms with Gasteiger partial charge in [0.2, 0.25) is 5.91 Å². The highest BCUT2D eigenvalue weighted by Gasteiger charge is 2.34. The number of hydrogen-bond acceptors (Lipinski definition) is 4. The predicted molar refractivity (Wildman–Crippen MR) is 140 cm³/mol. The third-order valence-corrected chi connectivity index (χ3v) is 7.69. The summed E-state index contributed by atoms with van der Waals surface area (Å²) in [5.41, 5.74) is -1.43. The fraction of sp³-hybridized carbons (Fsp3) is 0.231. The van der Waals surface area contributed by atoms with Gasteiger partial charge in [-0.25, -0.2) is 8.42 Å². The van der Waals surface area contributed by atoms with Crippen molar-refractivity contribution in [2.45, 2.75) is 37.4 Å². The van der Waals surface area contributed by atoms with Gasteiger partial charge in [-0.15, -0.1) is 0 Å². The van der Waals surface area contributed by atoms with E-state index in [-0.39, 0.29) is 27.2 Å². The Balaban J connectivity index is 2.01. The van der Waals surface area contributed by atoms with Crippen molar-refractivity contribution in [3.05, 3.63) is 88.9 Å². The largest absolute Gasteiger partial charge is 0.416 e. The van der Waals surface area contributed by atoms with Crippen LogP contribution in [-0.2, 0) is 21.0 Å². The number of para-hydroxylation sites is 1.